The SMILES string of the molecule is CCC1CCN(C(=O)c2ccc(O)cc2C)C(CN)C1. The van der Waals surface area contributed by atoms with Crippen LogP contribution in [0.4, 0.5) is 0 Å². The molecule has 1 amide bonds. The third kappa shape index (κ3) is 2.96. The number of hydrogen-bond acceptors (Lipinski definition) is 3. The van der Waals surface area contributed by atoms with Gasteiger partial charge in [0.2, 0.25) is 0 Å². The smallest absolute Gasteiger partial charge is 0.254 e. The molecule has 1 aliphatic rings. The zero-order valence-corrected chi connectivity index (χ0v) is 12.3. The van der Waals surface area contributed by atoms with Gasteiger partial charge in [-0.25, -0.2) is 0 Å². The zero-order chi connectivity index (χ0) is 14.7. The van der Waals surface area contributed by atoms with Crippen LogP contribution in [0.3, 0.4) is 0 Å². The first-order chi connectivity index (χ1) is 9.56. The average molecular weight is 276 g/mol. The first-order valence-electron chi connectivity index (χ1n) is 7.37. The number of piperidine rings is 1. The van der Waals surface area contributed by atoms with E-state index in [9.17, 15) is 9.90 Å². The second kappa shape index (κ2) is 6.27. The molecule has 1 heterocycles. The number of rotatable bonds is 3. The molecule has 3 N–H and O–H groups in total. The summed E-state index contributed by atoms with van der Waals surface area (Å²) in [5, 5.41) is 9.45. The lowest BCUT2D eigenvalue weighted by molar-refractivity contribution is 0.0558. The first-order valence-corrected chi connectivity index (χ1v) is 7.37. The molecule has 0 bridgehead atoms. The van der Waals surface area contributed by atoms with Crippen LogP contribution in [0.25, 0.3) is 0 Å². The first kappa shape index (κ1) is 14.9. The molecule has 2 atom stereocenters. The second-order valence-electron chi connectivity index (χ2n) is 5.69. The summed E-state index contributed by atoms with van der Waals surface area (Å²) in [7, 11) is 0. The van der Waals surface area contributed by atoms with Crippen LogP contribution in [0.1, 0.15) is 42.1 Å². The Kier molecular flexibility index (Phi) is 4.65. The van der Waals surface area contributed by atoms with Crippen molar-refractivity contribution < 1.29 is 9.90 Å². The lowest BCUT2D eigenvalue weighted by Crippen LogP contribution is -2.49. The summed E-state index contributed by atoms with van der Waals surface area (Å²) in [6.07, 6.45) is 3.20. The summed E-state index contributed by atoms with van der Waals surface area (Å²) >= 11 is 0. The molecule has 20 heavy (non-hydrogen) atoms. The van der Waals surface area contributed by atoms with Crippen molar-refractivity contribution in [3.63, 3.8) is 0 Å². The molecular formula is C16H24N2O2. The molecular weight excluding hydrogens is 252 g/mol. The topological polar surface area (TPSA) is 66.6 Å². The van der Waals surface area contributed by atoms with E-state index in [0.29, 0.717) is 18.0 Å². The Balaban J connectivity index is 2.19. The third-order valence-electron chi connectivity index (χ3n) is 4.38. The molecule has 0 radical (unpaired) electrons. The molecule has 0 aromatic heterocycles. The van der Waals surface area contributed by atoms with Gasteiger partial charge in [-0.2, -0.15) is 0 Å². The van der Waals surface area contributed by atoms with Crippen LogP contribution in [0.15, 0.2) is 18.2 Å². The van der Waals surface area contributed by atoms with E-state index < -0.39 is 0 Å². The minimum atomic E-state index is 0.0347. The average Bonchev–Trinajstić information content (AvgIpc) is 2.46. The van der Waals surface area contributed by atoms with Crippen LogP contribution < -0.4 is 5.73 Å². The lowest BCUT2D eigenvalue weighted by atomic mass is 9.88. The minimum absolute atomic E-state index is 0.0347. The maximum absolute atomic E-state index is 12.7. The van der Waals surface area contributed by atoms with E-state index in [1.165, 1.54) is 0 Å². The van der Waals surface area contributed by atoms with Gasteiger partial charge in [0.25, 0.3) is 5.91 Å². The van der Waals surface area contributed by atoms with Gasteiger partial charge in [0, 0.05) is 24.7 Å². The van der Waals surface area contributed by atoms with Crippen molar-refractivity contribution in [3.05, 3.63) is 29.3 Å². The fraction of sp³-hybridized carbons (Fsp3) is 0.562. The van der Waals surface area contributed by atoms with Crippen molar-refractivity contribution in [1.29, 1.82) is 0 Å². The Hall–Kier alpha value is -1.55. The van der Waals surface area contributed by atoms with Gasteiger partial charge in [-0.1, -0.05) is 13.3 Å². The molecule has 1 aromatic rings. The standard InChI is InChI=1S/C16H24N2O2/c1-3-12-6-7-18(13(9-12)10-17)16(20)15-5-4-14(19)8-11(15)2/h4-5,8,12-13,19H,3,6-7,9-10,17H2,1-2H3. The van der Waals surface area contributed by atoms with Crippen LogP contribution in [-0.2, 0) is 0 Å². The number of aromatic hydroxyl groups is 1. The lowest BCUT2D eigenvalue weighted by Gasteiger charge is -2.39. The Morgan fingerprint density at radius 2 is 2.25 bits per heavy atom. The van der Waals surface area contributed by atoms with Gasteiger partial charge >= 0.3 is 0 Å². The highest BCUT2D eigenvalue weighted by Gasteiger charge is 2.31. The van der Waals surface area contributed by atoms with Crippen LogP contribution in [0, 0.1) is 12.8 Å². The van der Waals surface area contributed by atoms with Gasteiger partial charge in [-0.3, -0.25) is 4.79 Å². The number of carbonyl (C=O) groups is 1. The number of benzene rings is 1. The van der Waals surface area contributed by atoms with E-state index >= 15 is 0 Å². The normalized spacial score (nSPS) is 22.9. The van der Waals surface area contributed by atoms with Crippen LogP contribution in [0.5, 0.6) is 5.75 Å². The minimum Gasteiger partial charge on any atom is -0.508 e. The molecule has 2 rings (SSSR count). The number of nitrogens with zero attached hydrogens (tertiary/aromatic N) is 1. The highest BCUT2D eigenvalue weighted by molar-refractivity contribution is 5.96. The Morgan fingerprint density at radius 3 is 2.85 bits per heavy atom. The number of amides is 1. The quantitative estimate of drug-likeness (QED) is 0.890. The zero-order valence-electron chi connectivity index (χ0n) is 12.3. The van der Waals surface area contributed by atoms with Crippen LogP contribution in [-0.4, -0.2) is 35.0 Å². The van der Waals surface area contributed by atoms with E-state index in [1.54, 1.807) is 18.2 Å². The number of aryl methyl sites for hydroxylation is 1. The van der Waals surface area contributed by atoms with Gasteiger partial charge in [0.1, 0.15) is 5.75 Å². The van der Waals surface area contributed by atoms with Crippen molar-refractivity contribution in [3.8, 4) is 5.75 Å². The third-order valence-corrected chi connectivity index (χ3v) is 4.38. The van der Waals surface area contributed by atoms with Crippen molar-refractivity contribution in [2.24, 2.45) is 11.7 Å². The molecule has 2 unspecified atom stereocenters. The van der Waals surface area contributed by atoms with Gasteiger partial charge < -0.3 is 15.7 Å². The fourth-order valence-corrected chi connectivity index (χ4v) is 3.04. The summed E-state index contributed by atoms with van der Waals surface area (Å²) in [5.41, 5.74) is 7.33. The molecule has 4 nitrogen and oxygen atoms in total. The summed E-state index contributed by atoms with van der Waals surface area (Å²) in [6, 6.07) is 5.03. The number of hydrogen-bond donors (Lipinski definition) is 2. The maximum atomic E-state index is 12.7. The van der Waals surface area contributed by atoms with E-state index in [1.807, 2.05) is 11.8 Å². The number of likely N-dealkylation sites (tertiary alicyclic amines) is 1. The van der Waals surface area contributed by atoms with Gasteiger partial charge in [0.05, 0.1) is 0 Å². The molecule has 1 saturated heterocycles. The highest BCUT2D eigenvalue weighted by Crippen LogP contribution is 2.27. The summed E-state index contributed by atoms with van der Waals surface area (Å²) in [4.78, 5) is 14.6. The van der Waals surface area contributed by atoms with E-state index in [4.69, 9.17) is 5.73 Å². The predicted molar refractivity (Wildman–Crippen MR) is 79.7 cm³/mol. The van der Waals surface area contributed by atoms with E-state index in [0.717, 1.165) is 31.4 Å². The molecule has 110 valence electrons. The van der Waals surface area contributed by atoms with E-state index in [-0.39, 0.29) is 17.7 Å². The van der Waals surface area contributed by atoms with Gasteiger partial charge in [-0.05, 0) is 49.4 Å². The number of phenols is 1. The van der Waals surface area contributed by atoms with Crippen molar-refractivity contribution in [1.82, 2.24) is 4.90 Å². The van der Waals surface area contributed by atoms with Crippen LogP contribution in [0.2, 0.25) is 0 Å². The molecule has 1 fully saturated rings. The molecule has 1 aromatic carbocycles. The predicted octanol–water partition coefficient (Wildman–Crippen LogP) is 2.29. The van der Waals surface area contributed by atoms with Gasteiger partial charge in [0.15, 0.2) is 0 Å². The Morgan fingerprint density at radius 1 is 1.50 bits per heavy atom. The van der Waals surface area contributed by atoms with Crippen molar-refractivity contribution >= 4 is 5.91 Å². The Bertz CT molecular complexity index is 487. The van der Waals surface area contributed by atoms with Gasteiger partial charge in [-0.15, -0.1) is 0 Å². The molecule has 1 aliphatic heterocycles. The Labute approximate surface area is 120 Å². The molecule has 0 saturated carbocycles. The number of phenolic OH excluding ortho intramolecular Hbond substituents is 1. The fourth-order valence-electron chi connectivity index (χ4n) is 3.04. The van der Waals surface area contributed by atoms with Crippen molar-refractivity contribution in [2.75, 3.05) is 13.1 Å². The molecule has 0 aliphatic carbocycles. The number of nitrogens with two attached hydrogens (primary N) is 1. The molecule has 0 spiro atoms. The summed E-state index contributed by atoms with van der Waals surface area (Å²) < 4.78 is 0. The summed E-state index contributed by atoms with van der Waals surface area (Å²) in [6.45, 7) is 5.34. The molecule has 4 heteroatoms. The summed E-state index contributed by atoms with van der Waals surface area (Å²) in [5.74, 6) is 0.903. The maximum Gasteiger partial charge on any atom is 0.254 e. The number of carbonyl (C=O) groups excluding carboxylic acids is 1. The van der Waals surface area contributed by atoms with E-state index in [2.05, 4.69) is 6.92 Å². The monoisotopic (exact) mass is 276 g/mol. The highest BCUT2D eigenvalue weighted by atomic mass is 16.3. The van der Waals surface area contributed by atoms with Crippen molar-refractivity contribution in [2.45, 2.75) is 39.2 Å². The van der Waals surface area contributed by atoms with Crippen LogP contribution >= 0.6 is 0 Å². The largest absolute Gasteiger partial charge is 0.508 e. The second-order valence-corrected chi connectivity index (χ2v) is 5.69.